The highest BCUT2D eigenvalue weighted by Crippen LogP contribution is 2.36. The maximum absolute atomic E-state index is 13.6. The number of thiazole rings is 1. The summed E-state index contributed by atoms with van der Waals surface area (Å²) in [5.74, 6) is -0.609. The van der Waals surface area contributed by atoms with Crippen LogP contribution in [0, 0.1) is 5.82 Å². The number of methoxy groups -OCH3 is 2. The fourth-order valence-corrected chi connectivity index (χ4v) is 3.63. The lowest BCUT2D eigenvalue weighted by Gasteiger charge is -2.27. The predicted octanol–water partition coefficient (Wildman–Crippen LogP) is 3.12. The lowest BCUT2D eigenvalue weighted by atomic mass is 9.95. The van der Waals surface area contributed by atoms with Gasteiger partial charge < -0.3 is 19.5 Å². The molecule has 154 valence electrons. The van der Waals surface area contributed by atoms with Crippen molar-refractivity contribution in [1.29, 1.82) is 0 Å². The average Bonchev–Trinajstić information content (AvgIpc) is 3.25. The Morgan fingerprint density at radius 2 is 2.17 bits per heavy atom. The summed E-state index contributed by atoms with van der Waals surface area (Å²) in [6.45, 7) is 0.830. The summed E-state index contributed by atoms with van der Waals surface area (Å²) in [6, 6.07) is 3.15. The molecule has 0 spiro atoms. The third-order valence-electron chi connectivity index (χ3n) is 4.10. The molecule has 0 radical (unpaired) electrons. The molecule has 10 heteroatoms. The zero-order valence-electron chi connectivity index (χ0n) is 15.8. The maximum atomic E-state index is 13.6. The SMILES string of the molecule is COCCOCC1=C(C(=O)OC)C(c2ccc(F)cc2Cl)N=C(c2nccs2)N1. The number of aromatic nitrogens is 1. The molecule has 29 heavy (non-hydrogen) atoms. The number of carbonyl (C=O) groups excluding carboxylic acids is 1. The normalized spacial score (nSPS) is 16.4. The number of carbonyl (C=O) groups is 1. The maximum Gasteiger partial charge on any atom is 0.338 e. The Hall–Kier alpha value is -2.33. The zero-order chi connectivity index (χ0) is 20.8. The van der Waals surface area contributed by atoms with Crippen LogP contribution in [-0.4, -0.2) is 50.8 Å². The second-order valence-electron chi connectivity index (χ2n) is 5.94. The summed E-state index contributed by atoms with van der Waals surface area (Å²) in [5.41, 5.74) is 1.18. The monoisotopic (exact) mass is 439 g/mol. The van der Waals surface area contributed by atoms with Crippen molar-refractivity contribution < 1.29 is 23.4 Å². The highest BCUT2D eigenvalue weighted by Gasteiger charge is 2.33. The fraction of sp³-hybridized carbons (Fsp3) is 0.316. The molecule has 7 nitrogen and oxygen atoms in total. The van der Waals surface area contributed by atoms with Crippen molar-refractivity contribution in [3.63, 3.8) is 0 Å². The van der Waals surface area contributed by atoms with E-state index in [0.29, 0.717) is 35.3 Å². The number of ether oxygens (including phenoxy) is 3. The fourth-order valence-electron chi connectivity index (χ4n) is 2.77. The first kappa shape index (κ1) is 21.4. The lowest BCUT2D eigenvalue weighted by molar-refractivity contribution is -0.136. The van der Waals surface area contributed by atoms with E-state index in [2.05, 4.69) is 15.3 Å². The highest BCUT2D eigenvalue weighted by molar-refractivity contribution is 7.11. The van der Waals surface area contributed by atoms with Crippen LogP contribution in [0.4, 0.5) is 4.39 Å². The van der Waals surface area contributed by atoms with Crippen LogP contribution in [0.2, 0.25) is 5.02 Å². The second-order valence-corrected chi connectivity index (χ2v) is 7.24. The smallest absolute Gasteiger partial charge is 0.338 e. The van der Waals surface area contributed by atoms with Gasteiger partial charge in [0.2, 0.25) is 0 Å². The standard InChI is InChI=1S/C19H19ClFN3O4S/c1-26-6-7-28-10-14-15(19(25)27-2)16(12-4-3-11(21)9-13(12)20)24-17(23-14)18-22-5-8-29-18/h3-5,8-9,16H,6-7,10H2,1-2H3,(H,23,24). The molecule has 0 aliphatic carbocycles. The highest BCUT2D eigenvalue weighted by atomic mass is 35.5. The number of esters is 1. The third kappa shape index (κ3) is 4.99. The van der Waals surface area contributed by atoms with Gasteiger partial charge in [-0.1, -0.05) is 17.7 Å². The number of rotatable bonds is 8. The van der Waals surface area contributed by atoms with Gasteiger partial charge in [-0.3, -0.25) is 4.99 Å². The van der Waals surface area contributed by atoms with E-state index >= 15 is 0 Å². The predicted molar refractivity (Wildman–Crippen MR) is 108 cm³/mol. The first-order valence-corrected chi connectivity index (χ1v) is 9.88. The molecule has 1 aromatic heterocycles. The summed E-state index contributed by atoms with van der Waals surface area (Å²) in [6.07, 6.45) is 1.65. The number of nitrogens with one attached hydrogen (secondary N) is 1. The van der Waals surface area contributed by atoms with E-state index in [1.165, 1.54) is 36.6 Å². The van der Waals surface area contributed by atoms with E-state index in [1.54, 1.807) is 13.3 Å². The molecule has 1 aromatic carbocycles. The topological polar surface area (TPSA) is 82.0 Å². The first-order chi connectivity index (χ1) is 14.0. The van der Waals surface area contributed by atoms with Crippen LogP contribution < -0.4 is 5.32 Å². The molecule has 1 unspecified atom stereocenters. The van der Waals surface area contributed by atoms with Gasteiger partial charge in [-0.2, -0.15) is 0 Å². The Labute approximate surface area is 176 Å². The van der Waals surface area contributed by atoms with Crippen LogP contribution in [0.15, 0.2) is 46.0 Å². The van der Waals surface area contributed by atoms with E-state index in [1.807, 2.05) is 5.38 Å². The van der Waals surface area contributed by atoms with E-state index in [-0.39, 0.29) is 17.2 Å². The summed E-state index contributed by atoms with van der Waals surface area (Å²) >= 11 is 7.66. The minimum atomic E-state index is -0.809. The number of aliphatic imine (C=N–C) groups is 1. The van der Waals surface area contributed by atoms with Crippen LogP contribution in [0.5, 0.6) is 0 Å². The van der Waals surface area contributed by atoms with E-state index in [0.717, 1.165) is 0 Å². The number of halogens is 2. The number of benzene rings is 1. The van der Waals surface area contributed by atoms with Crippen molar-refractivity contribution in [3.05, 3.63) is 62.5 Å². The molecule has 1 aliphatic rings. The second kappa shape index (κ2) is 9.93. The summed E-state index contributed by atoms with van der Waals surface area (Å²) < 4.78 is 29.2. The molecule has 1 atom stereocenters. The molecular formula is C19H19ClFN3O4S. The Balaban J connectivity index is 2.07. The molecule has 2 heterocycles. The number of hydrogen-bond acceptors (Lipinski definition) is 8. The minimum Gasteiger partial charge on any atom is -0.466 e. The molecule has 0 saturated heterocycles. The molecule has 2 aromatic rings. The van der Waals surface area contributed by atoms with E-state index < -0.39 is 17.8 Å². The Morgan fingerprint density at radius 1 is 1.34 bits per heavy atom. The number of nitrogens with zero attached hydrogens (tertiary/aromatic N) is 2. The van der Waals surface area contributed by atoms with Crippen LogP contribution in [-0.2, 0) is 19.0 Å². The van der Waals surface area contributed by atoms with Gasteiger partial charge in [0, 0.05) is 29.3 Å². The van der Waals surface area contributed by atoms with Gasteiger partial charge in [0.15, 0.2) is 10.8 Å². The lowest BCUT2D eigenvalue weighted by Crippen LogP contribution is -2.35. The van der Waals surface area contributed by atoms with Gasteiger partial charge in [0.25, 0.3) is 0 Å². The van der Waals surface area contributed by atoms with Crippen molar-refractivity contribution in [1.82, 2.24) is 10.3 Å². The van der Waals surface area contributed by atoms with Crippen molar-refractivity contribution in [3.8, 4) is 0 Å². The molecule has 3 rings (SSSR count). The van der Waals surface area contributed by atoms with Gasteiger partial charge in [-0.15, -0.1) is 11.3 Å². The largest absolute Gasteiger partial charge is 0.466 e. The molecule has 1 aliphatic heterocycles. The van der Waals surface area contributed by atoms with Crippen LogP contribution in [0.1, 0.15) is 16.6 Å². The Morgan fingerprint density at radius 3 is 2.83 bits per heavy atom. The van der Waals surface area contributed by atoms with E-state index in [4.69, 9.17) is 25.8 Å². The molecule has 0 fully saturated rings. The summed E-state index contributed by atoms with van der Waals surface area (Å²) in [7, 11) is 2.85. The quantitative estimate of drug-likeness (QED) is 0.502. The van der Waals surface area contributed by atoms with Gasteiger partial charge in [-0.25, -0.2) is 14.2 Å². The number of amidine groups is 1. The zero-order valence-corrected chi connectivity index (χ0v) is 17.3. The van der Waals surface area contributed by atoms with Crippen LogP contribution in [0.3, 0.4) is 0 Å². The minimum absolute atomic E-state index is 0.0908. The van der Waals surface area contributed by atoms with Crippen LogP contribution in [0.25, 0.3) is 0 Å². The summed E-state index contributed by atoms with van der Waals surface area (Å²) in [4.78, 5) is 21.5. The van der Waals surface area contributed by atoms with Crippen molar-refractivity contribution >= 4 is 34.7 Å². The Kier molecular flexibility index (Phi) is 7.32. The van der Waals surface area contributed by atoms with Crippen molar-refractivity contribution in [2.45, 2.75) is 6.04 Å². The van der Waals surface area contributed by atoms with E-state index in [9.17, 15) is 9.18 Å². The van der Waals surface area contributed by atoms with Gasteiger partial charge in [0.1, 0.15) is 11.9 Å². The molecule has 0 bridgehead atoms. The van der Waals surface area contributed by atoms with Gasteiger partial charge in [0.05, 0.1) is 38.2 Å². The average molecular weight is 440 g/mol. The first-order valence-electron chi connectivity index (χ1n) is 8.62. The van der Waals surface area contributed by atoms with Crippen molar-refractivity contribution in [2.75, 3.05) is 34.0 Å². The molecule has 1 N–H and O–H groups in total. The molecule has 0 amide bonds. The summed E-state index contributed by atoms with van der Waals surface area (Å²) in [5, 5.41) is 5.72. The van der Waals surface area contributed by atoms with Gasteiger partial charge >= 0.3 is 5.97 Å². The Bertz CT molecular complexity index is 934. The van der Waals surface area contributed by atoms with Crippen LogP contribution >= 0.6 is 22.9 Å². The van der Waals surface area contributed by atoms with Crippen molar-refractivity contribution in [2.24, 2.45) is 4.99 Å². The van der Waals surface area contributed by atoms with Gasteiger partial charge in [-0.05, 0) is 12.1 Å². The molecular weight excluding hydrogens is 421 g/mol. The third-order valence-corrected chi connectivity index (χ3v) is 5.21. The molecule has 0 saturated carbocycles. The number of hydrogen-bond donors (Lipinski definition) is 1.